The zero-order valence-electron chi connectivity index (χ0n) is 16.2. The van der Waals surface area contributed by atoms with Gasteiger partial charge in [0.1, 0.15) is 17.9 Å². The van der Waals surface area contributed by atoms with E-state index in [2.05, 4.69) is 0 Å². The largest absolute Gasteiger partial charge is 0.489 e. The lowest BCUT2D eigenvalue weighted by atomic mass is 9.99. The molecule has 0 saturated carbocycles. The maximum atomic E-state index is 13.9. The molecule has 0 bridgehead atoms. The Morgan fingerprint density at radius 1 is 0.875 bits per heavy atom. The Balaban J connectivity index is 1.73. The van der Waals surface area contributed by atoms with Crippen LogP contribution in [0.25, 0.3) is 22.1 Å². The third-order valence-corrected chi connectivity index (χ3v) is 5.21. The van der Waals surface area contributed by atoms with Gasteiger partial charge >= 0.3 is 5.63 Å². The van der Waals surface area contributed by atoms with E-state index in [1.807, 2.05) is 0 Å². The molecule has 4 rings (SSSR count). The lowest BCUT2D eigenvalue weighted by Gasteiger charge is -2.12. The minimum Gasteiger partial charge on any atom is -0.489 e. The number of benzene rings is 3. The molecule has 0 N–H and O–H groups in total. The normalized spacial score (nSPS) is 11.2. The molecule has 1 aromatic heterocycles. The number of fused-ring (bicyclic) bond motifs is 1. The van der Waals surface area contributed by atoms with E-state index in [4.69, 9.17) is 20.8 Å². The monoisotopic (exact) mass is 466 g/mol. The third kappa shape index (κ3) is 3.71. The zero-order valence-corrected chi connectivity index (χ0v) is 17.0. The molecule has 0 aliphatic rings. The molecule has 164 valence electrons. The molecule has 1 heterocycles. The van der Waals surface area contributed by atoms with Gasteiger partial charge in [0.2, 0.25) is 5.82 Å². The van der Waals surface area contributed by atoms with Gasteiger partial charge in [0, 0.05) is 10.4 Å². The van der Waals surface area contributed by atoms with Crippen molar-refractivity contribution < 1.29 is 31.1 Å². The topological polar surface area (TPSA) is 39.4 Å². The minimum absolute atomic E-state index is 0.0699. The van der Waals surface area contributed by atoms with Crippen LogP contribution in [-0.2, 0) is 6.61 Å². The first-order valence-electron chi connectivity index (χ1n) is 9.15. The predicted octanol–water partition coefficient (Wildman–Crippen LogP) is 6.70. The van der Waals surface area contributed by atoms with E-state index in [9.17, 15) is 26.7 Å². The maximum Gasteiger partial charge on any atom is 0.344 e. The Morgan fingerprint density at radius 2 is 1.47 bits per heavy atom. The van der Waals surface area contributed by atoms with Gasteiger partial charge in [-0.2, -0.15) is 0 Å². The van der Waals surface area contributed by atoms with Gasteiger partial charge in [-0.05, 0) is 48.4 Å². The van der Waals surface area contributed by atoms with E-state index in [1.165, 1.54) is 18.2 Å². The summed E-state index contributed by atoms with van der Waals surface area (Å²) in [6, 6.07) is 10.7. The maximum absolute atomic E-state index is 13.9. The van der Waals surface area contributed by atoms with Crippen LogP contribution in [0.1, 0.15) is 11.1 Å². The summed E-state index contributed by atoms with van der Waals surface area (Å²) in [7, 11) is 0. The Hall–Kier alpha value is -3.39. The molecule has 0 aliphatic heterocycles. The van der Waals surface area contributed by atoms with Crippen molar-refractivity contribution >= 4 is 22.6 Å². The lowest BCUT2D eigenvalue weighted by molar-refractivity contribution is 0.279. The summed E-state index contributed by atoms with van der Waals surface area (Å²) < 4.78 is 78.4. The molecule has 0 saturated heterocycles. The first kappa shape index (κ1) is 21.8. The number of rotatable bonds is 4. The van der Waals surface area contributed by atoms with Crippen LogP contribution in [0.4, 0.5) is 22.0 Å². The van der Waals surface area contributed by atoms with Gasteiger partial charge in [0.25, 0.3) is 0 Å². The van der Waals surface area contributed by atoms with Gasteiger partial charge in [-0.1, -0.05) is 23.7 Å². The van der Waals surface area contributed by atoms with E-state index in [-0.39, 0.29) is 16.9 Å². The molecular formula is C23H12ClF5O3. The average Bonchev–Trinajstić information content (AvgIpc) is 2.78. The number of ether oxygens (including phenoxy) is 1. The van der Waals surface area contributed by atoms with Gasteiger partial charge in [-0.3, -0.25) is 0 Å². The second kappa shape index (κ2) is 8.27. The standard InChI is InChI=1S/C23H12ClF5O3/c1-10-14-8-13(31-9-15-18(25)20(27)22(29)21(28)19(15)26)6-7-16(14)32-23(30)17(10)11-2-4-12(24)5-3-11/h2-8H,9H2,1H3. The Morgan fingerprint density at radius 3 is 2.09 bits per heavy atom. The average molecular weight is 467 g/mol. The van der Waals surface area contributed by atoms with Crippen LogP contribution >= 0.6 is 11.6 Å². The van der Waals surface area contributed by atoms with Crippen molar-refractivity contribution in [1.82, 2.24) is 0 Å². The summed E-state index contributed by atoms with van der Waals surface area (Å²) in [5.74, 6) is -10.2. The molecule has 0 unspecified atom stereocenters. The second-order valence-electron chi connectivity index (χ2n) is 6.89. The first-order valence-corrected chi connectivity index (χ1v) is 9.53. The van der Waals surface area contributed by atoms with Crippen molar-refractivity contribution in [2.24, 2.45) is 0 Å². The quantitative estimate of drug-likeness (QED) is 0.145. The fourth-order valence-electron chi connectivity index (χ4n) is 3.30. The van der Waals surface area contributed by atoms with Crippen molar-refractivity contribution in [2.45, 2.75) is 13.5 Å². The molecule has 3 nitrogen and oxygen atoms in total. The summed E-state index contributed by atoms with van der Waals surface area (Å²) in [5, 5.41) is 0.949. The van der Waals surface area contributed by atoms with Crippen molar-refractivity contribution in [3.05, 3.63) is 98.1 Å². The number of halogens is 6. The molecule has 0 amide bonds. The van der Waals surface area contributed by atoms with E-state index in [0.717, 1.165) is 0 Å². The van der Waals surface area contributed by atoms with Crippen LogP contribution in [0.5, 0.6) is 5.75 Å². The predicted molar refractivity (Wildman–Crippen MR) is 108 cm³/mol. The van der Waals surface area contributed by atoms with Crippen LogP contribution in [0, 0.1) is 36.0 Å². The van der Waals surface area contributed by atoms with Gasteiger partial charge in [-0.15, -0.1) is 0 Å². The summed E-state index contributed by atoms with van der Waals surface area (Å²) in [6.07, 6.45) is 0. The van der Waals surface area contributed by atoms with Crippen molar-refractivity contribution in [3.8, 4) is 16.9 Å². The van der Waals surface area contributed by atoms with Gasteiger partial charge in [0.05, 0.1) is 11.1 Å². The molecule has 32 heavy (non-hydrogen) atoms. The fourth-order valence-corrected chi connectivity index (χ4v) is 3.43. The van der Waals surface area contributed by atoms with Gasteiger partial charge in [0.15, 0.2) is 23.3 Å². The van der Waals surface area contributed by atoms with Crippen molar-refractivity contribution in [3.63, 3.8) is 0 Å². The molecule has 0 atom stereocenters. The fraction of sp³-hybridized carbons (Fsp3) is 0.0870. The van der Waals surface area contributed by atoms with E-state index in [0.29, 0.717) is 21.5 Å². The summed E-state index contributed by atoms with van der Waals surface area (Å²) in [4.78, 5) is 12.5. The van der Waals surface area contributed by atoms with Crippen LogP contribution in [0.2, 0.25) is 5.02 Å². The van der Waals surface area contributed by atoms with Crippen LogP contribution < -0.4 is 10.4 Å². The highest BCUT2D eigenvalue weighted by Gasteiger charge is 2.26. The first-order chi connectivity index (χ1) is 15.2. The minimum atomic E-state index is -2.24. The molecule has 0 aliphatic carbocycles. The zero-order chi connectivity index (χ0) is 23.2. The molecule has 0 spiro atoms. The van der Waals surface area contributed by atoms with Crippen molar-refractivity contribution in [1.29, 1.82) is 0 Å². The molecule has 3 aromatic carbocycles. The Bertz CT molecular complexity index is 1390. The van der Waals surface area contributed by atoms with E-state index < -0.39 is 46.9 Å². The van der Waals surface area contributed by atoms with Crippen molar-refractivity contribution in [2.75, 3.05) is 0 Å². The van der Waals surface area contributed by atoms with Crippen LogP contribution in [-0.4, -0.2) is 0 Å². The molecule has 0 fully saturated rings. The molecule has 4 aromatic rings. The summed E-state index contributed by atoms with van der Waals surface area (Å²) >= 11 is 5.89. The molecular weight excluding hydrogens is 455 g/mol. The smallest absolute Gasteiger partial charge is 0.344 e. The summed E-state index contributed by atoms with van der Waals surface area (Å²) in [5.41, 5.74) is -0.0533. The lowest BCUT2D eigenvalue weighted by Crippen LogP contribution is -2.10. The molecule has 0 radical (unpaired) electrons. The van der Waals surface area contributed by atoms with Crippen LogP contribution in [0.15, 0.2) is 51.7 Å². The van der Waals surface area contributed by atoms with E-state index >= 15 is 0 Å². The highest BCUT2D eigenvalue weighted by Crippen LogP contribution is 2.31. The SMILES string of the molecule is Cc1c(-c2ccc(Cl)cc2)c(=O)oc2ccc(OCc3c(F)c(F)c(F)c(F)c3F)cc12. The number of hydrogen-bond donors (Lipinski definition) is 0. The Labute approximate surface area is 182 Å². The highest BCUT2D eigenvalue weighted by molar-refractivity contribution is 6.30. The van der Waals surface area contributed by atoms with E-state index in [1.54, 1.807) is 31.2 Å². The van der Waals surface area contributed by atoms with Crippen LogP contribution in [0.3, 0.4) is 0 Å². The van der Waals surface area contributed by atoms with Gasteiger partial charge in [-0.25, -0.2) is 26.7 Å². The highest BCUT2D eigenvalue weighted by atomic mass is 35.5. The number of hydrogen-bond acceptors (Lipinski definition) is 3. The Kier molecular flexibility index (Phi) is 5.64. The third-order valence-electron chi connectivity index (χ3n) is 4.95. The summed E-state index contributed by atoms with van der Waals surface area (Å²) in [6.45, 7) is 0.772. The molecule has 9 heteroatoms. The van der Waals surface area contributed by atoms with Gasteiger partial charge < -0.3 is 9.15 Å². The number of aryl methyl sites for hydroxylation is 1. The second-order valence-corrected chi connectivity index (χ2v) is 7.33.